The van der Waals surface area contributed by atoms with Gasteiger partial charge in [0, 0.05) is 0 Å². The van der Waals surface area contributed by atoms with Gasteiger partial charge < -0.3 is 4.74 Å². The molecule has 0 atom stereocenters. The number of rotatable bonds is 2. The molecular formula is C13H22O2. The van der Waals surface area contributed by atoms with Gasteiger partial charge in [0.15, 0.2) is 0 Å². The molecule has 2 nitrogen and oxygen atoms in total. The molecule has 0 aromatic carbocycles. The van der Waals surface area contributed by atoms with E-state index >= 15 is 0 Å². The first-order valence-corrected chi connectivity index (χ1v) is 6.57. The minimum atomic E-state index is 0.0897. The summed E-state index contributed by atoms with van der Waals surface area (Å²) in [5, 5.41) is 0. The summed E-state index contributed by atoms with van der Waals surface area (Å²) in [6.07, 6.45) is 12.2. The number of hydrogen-bond donors (Lipinski definition) is 0. The van der Waals surface area contributed by atoms with Crippen molar-refractivity contribution < 1.29 is 9.53 Å². The van der Waals surface area contributed by atoms with Crippen molar-refractivity contribution in [2.75, 3.05) is 0 Å². The van der Waals surface area contributed by atoms with Gasteiger partial charge in [-0.05, 0) is 38.5 Å². The Hall–Kier alpha value is -0.530. The van der Waals surface area contributed by atoms with E-state index in [1.165, 1.54) is 38.5 Å². The quantitative estimate of drug-likeness (QED) is 0.653. The summed E-state index contributed by atoms with van der Waals surface area (Å²) in [6, 6.07) is 0. The highest BCUT2D eigenvalue weighted by atomic mass is 16.5. The molecule has 0 aromatic rings. The van der Waals surface area contributed by atoms with Crippen LogP contribution in [-0.2, 0) is 9.53 Å². The molecule has 2 saturated carbocycles. The number of hydrogen-bond acceptors (Lipinski definition) is 2. The van der Waals surface area contributed by atoms with Crippen LogP contribution in [0.3, 0.4) is 0 Å². The van der Waals surface area contributed by atoms with Crippen LogP contribution in [0.25, 0.3) is 0 Å². The van der Waals surface area contributed by atoms with E-state index in [1.807, 2.05) is 0 Å². The number of esters is 1. The predicted octanol–water partition coefficient (Wildman–Crippen LogP) is 3.44. The zero-order valence-electron chi connectivity index (χ0n) is 9.54. The van der Waals surface area contributed by atoms with Crippen LogP contribution in [0, 0.1) is 5.92 Å². The molecule has 2 rings (SSSR count). The second-order valence-corrected chi connectivity index (χ2v) is 5.03. The maximum absolute atomic E-state index is 11.7. The van der Waals surface area contributed by atoms with Crippen LogP contribution in [0.15, 0.2) is 0 Å². The lowest BCUT2D eigenvalue weighted by Gasteiger charge is -2.27. The minimum Gasteiger partial charge on any atom is -0.462 e. The first-order valence-electron chi connectivity index (χ1n) is 6.57. The van der Waals surface area contributed by atoms with Crippen molar-refractivity contribution in [2.24, 2.45) is 5.92 Å². The zero-order chi connectivity index (χ0) is 10.5. The Kier molecular flexibility index (Phi) is 4.04. The fraction of sp³-hybridized carbons (Fsp3) is 0.923. The monoisotopic (exact) mass is 210 g/mol. The standard InChI is InChI=1S/C13H22O2/c14-13(11-7-6-8-11)15-12-9-4-2-1-3-5-10-12/h11-12H,1-10H2. The summed E-state index contributed by atoms with van der Waals surface area (Å²) in [5.41, 5.74) is 0. The molecule has 0 heterocycles. The Bertz CT molecular complexity index is 201. The molecule has 0 aliphatic heterocycles. The van der Waals surface area contributed by atoms with Gasteiger partial charge in [-0.15, -0.1) is 0 Å². The molecule has 0 N–H and O–H groups in total. The molecule has 2 heteroatoms. The van der Waals surface area contributed by atoms with Gasteiger partial charge in [-0.3, -0.25) is 4.79 Å². The molecule has 2 aliphatic carbocycles. The lowest BCUT2D eigenvalue weighted by molar-refractivity contribution is -0.158. The van der Waals surface area contributed by atoms with E-state index in [1.54, 1.807) is 0 Å². The van der Waals surface area contributed by atoms with Gasteiger partial charge in [-0.25, -0.2) is 0 Å². The second-order valence-electron chi connectivity index (χ2n) is 5.03. The summed E-state index contributed by atoms with van der Waals surface area (Å²) in [4.78, 5) is 11.7. The van der Waals surface area contributed by atoms with Gasteiger partial charge in [0.2, 0.25) is 0 Å². The van der Waals surface area contributed by atoms with E-state index in [9.17, 15) is 4.79 Å². The summed E-state index contributed by atoms with van der Waals surface area (Å²) >= 11 is 0. The lowest BCUT2D eigenvalue weighted by Crippen LogP contribution is -2.28. The average molecular weight is 210 g/mol. The topological polar surface area (TPSA) is 26.3 Å². The Morgan fingerprint density at radius 2 is 1.40 bits per heavy atom. The number of carbonyl (C=O) groups is 1. The molecule has 0 aromatic heterocycles. The lowest BCUT2D eigenvalue weighted by atomic mass is 9.85. The molecule has 0 spiro atoms. The van der Waals surface area contributed by atoms with E-state index in [-0.39, 0.29) is 18.0 Å². The van der Waals surface area contributed by atoms with Crippen molar-refractivity contribution in [3.05, 3.63) is 0 Å². The van der Waals surface area contributed by atoms with Crippen molar-refractivity contribution in [3.63, 3.8) is 0 Å². The Morgan fingerprint density at radius 3 is 1.93 bits per heavy atom. The van der Waals surface area contributed by atoms with E-state index in [0.29, 0.717) is 0 Å². The third kappa shape index (κ3) is 3.22. The minimum absolute atomic E-state index is 0.0897. The van der Waals surface area contributed by atoms with Crippen molar-refractivity contribution in [1.29, 1.82) is 0 Å². The van der Waals surface area contributed by atoms with Crippen LogP contribution in [0.2, 0.25) is 0 Å². The van der Waals surface area contributed by atoms with Gasteiger partial charge in [-0.2, -0.15) is 0 Å². The van der Waals surface area contributed by atoms with E-state index in [4.69, 9.17) is 4.74 Å². The highest BCUT2D eigenvalue weighted by Crippen LogP contribution is 2.29. The van der Waals surface area contributed by atoms with Crippen molar-refractivity contribution >= 4 is 5.97 Å². The van der Waals surface area contributed by atoms with Gasteiger partial charge in [0.1, 0.15) is 6.10 Å². The fourth-order valence-electron chi connectivity index (χ4n) is 2.44. The Labute approximate surface area is 92.4 Å². The molecule has 15 heavy (non-hydrogen) atoms. The van der Waals surface area contributed by atoms with Crippen LogP contribution in [0.1, 0.15) is 64.2 Å². The molecule has 2 aliphatic rings. The molecule has 0 radical (unpaired) electrons. The molecule has 0 unspecified atom stereocenters. The summed E-state index contributed by atoms with van der Waals surface area (Å²) in [5.74, 6) is 0.335. The van der Waals surface area contributed by atoms with E-state index in [0.717, 1.165) is 25.7 Å². The highest BCUT2D eigenvalue weighted by Gasteiger charge is 2.28. The van der Waals surface area contributed by atoms with Gasteiger partial charge >= 0.3 is 5.97 Å². The number of carbonyl (C=O) groups excluding carboxylic acids is 1. The predicted molar refractivity (Wildman–Crippen MR) is 59.5 cm³/mol. The molecule has 0 saturated heterocycles. The van der Waals surface area contributed by atoms with Gasteiger partial charge in [-0.1, -0.05) is 25.7 Å². The molecule has 0 amide bonds. The SMILES string of the molecule is O=C(OC1CCCCCCC1)C1CCC1. The largest absolute Gasteiger partial charge is 0.462 e. The maximum Gasteiger partial charge on any atom is 0.309 e. The van der Waals surface area contributed by atoms with Crippen LogP contribution in [0.4, 0.5) is 0 Å². The van der Waals surface area contributed by atoms with Gasteiger partial charge in [0.25, 0.3) is 0 Å². The third-order valence-corrected chi connectivity index (χ3v) is 3.77. The Balaban J connectivity index is 1.73. The summed E-state index contributed by atoms with van der Waals surface area (Å²) in [7, 11) is 0. The fourth-order valence-corrected chi connectivity index (χ4v) is 2.44. The van der Waals surface area contributed by atoms with Crippen molar-refractivity contribution in [3.8, 4) is 0 Å². The average Bonchev–Trinajstić information content (AvgIpc) is 2.06. The molecule has 2 fully saturated rings. The zero-order valence-corrected chi connectivity index (χ0v) is 9.54. The van der Waals surface area contributed by atoms with E-state index < -0.39 is 0 Å². The van der Waals surface area contributed by atoms with Crippen LogP contribution < -0.4 is 0 Å². The van der Waals surface area contributed by atoms with E-state index in [2.05, 4.69) is 0 Å². The normalized spacial score (nSPS) is 25.1. The van der Waals surface area contributed by atoms with Crippen molar-refractivity contribution in [2.45, 2.75) is 70.3 Å². The second kappa shape index (κ2) is 5.53. The van der Waals surface area contributed by atoms with Crippen LogP contribution in [-0.4, -0.2) is 12.1 Å². The summed E-state index contributed by atoms with van der Waals surface area (Å²) < 4.78 is 5.59. The van der Waals surface area contributed by atoms with Gasteiger partial charge in [0.05, 0.1) is 5.92 Å². The first kappa shape index (κ1) is 11.0. The highest BCUT2D eigenvalue weighted by molar-refractivity contribution is 5.73. The van der Waals surface area contributed by atoms with Crippen LogP contribution >= 0.6 is 0 Å². The number of ether oxygens (including phenoxy) is 1. The molecule has 0 bridgehead atoms. The summed E-state index contributed by atoms with van der Waals surface area (Å²) in [6.45, 7) is 0. The van der Waals surface area contributed by atoms with Crippen LogP contribution in [0.5, 0.6) is 0 Å². The first-order chi connectivity index (χ1) is 7.36. The molecular weight excluding hydrogens is 188 g/mol. The smallest absolute Gasteiger partial charge is 0.309 e. The maximum atomic E-state index is 11.7. The Morgan fingerprint density at radius 1 is 0.800 bits per heavy atom. The third-order valence-electron chi connectivity index (χ3n) is 3.77. The van der Waals surface area contributed by atoms with Crippen molar-refractivity contribution in [1.82, 2.24) is 0 Å². The molecule has 86 valence electrons.